The van der Waals surface area contributed by atoms with Crippen LogP contribution in [0.5, 0.6) is 0 Å². The van der Waals surface area contributed by atoms with Crippen molar-refractivity contribution in [2.45, 2.75) is 39.7 Å². The molecule has 0 saturated heterocycles. The molecule has 1 unspecified atom stereocenters. The van der Waals surface area contributed by atoms with Crippen LogP contribution in [0.15, 0.2) is 18.2 Å². The summed E-state index contributed by atoms with van der Waals surface area (Å²) in [7, 11) is 0. The molecule has 0 aromatic heterocycles. The van der Waals surface area contributed by atoms with Crippen LogP contribution in [0.2, 0.25) is 5.02 Å². The van der Waals surface area contributed by atoms with Gasteiger partial charge in [-0.3, -0.25) is 0 Å². The molecule has 0 heterocycles. The molecule has 88 valence electrons. The summed E-state index contributed by atoms with van der Waals surface area (Å²) in [5, 5.41) is 4.51. The Balaban J connectivity index is 2.06. The standard InChI is InChI=1S/C14H20ClN/c1-14(2,3)9-16-13-7-4-10-8-11(15)5-6-12(10)13/h5-6,8,13,16H,4,7,9H2,1-3H3. The van der Waals surface area contributed by atoms with E-state index in [0.29, 0.717) is 11.5 Å². The summed E-state index contributed by atoms with van der Waals surface area (Å²) in [6.07, 6.45) is 2.35. The van der Waals surface area contributed by atoms with Gasteiger partial charge in [0.1, 0.15) is 0 Å². The van der Waals surface area contributed by atoms with Gasteiger partial charge in [0, 0.05) is 17.6 Å². The largest absolute Gasteiger partial charge is 0.309 e. The van der Waals surface area contributed by atoms with E-state index in [2.05, 4.69) is 38.2 Å². The summed E-state index contributed by atoms with van der Waals surface area (Å²) < 4.78 is 0. The predicted octanol–water partition coefficient (Wildman–Crippen LogP) is 3.96. The van der Waals surface area contributed by atoms with Gasteiger partial charge in [-0.05, 0) is 41.5 Å². The maximum absolute atomic E-state index is 6.00. The van der Waals surface area contributed by atoms with Crippen LogP contribution in [0.3, 0.4) is 0 Å². The average molecular weight is 238 g/mol. The molecule has 0 bridgehead atoms. The lowest BCUT2D eigenvalue weighted by Crippen LogP contribution is -2.29. The van der Waals surface area contributed by atoms with E-state index in [0.717, 1.165) is 18.0 Å². The molecule has 0 amide bonds. The average Bonchev–Trinajstić information content (AvgIpc) is 2.56. The highest BCUT2D eigenvalue weighted by Gasteiger charge is 2.23. The number of halogens is 1. The zero-order valence-electron chi connectivity index (χ0n) is 10.3. The zero-order valence-corrected chi connectivity index (χ0v) is 11.1. The number of hydrogen-bond acceptors (Lipinski definition) is 1. The lowest BCUT2D eigenvalue weighted by Gasteiger charge is -2.23. The summed E-state index contributed by atoms with van der Waals surface area (Å²) in [6.45, 7) is 7.84. The van der Waals surface area contributed by atoms with Gasteiger partial charge in [-0.25, -0.2) is 0 Å². The first-order valence-corrected chi connectivity index (χ1v) is 6.35. The smallest absolute Gasteiger partial charge is 0.0408 e. The van der Waals surface area contributed by atoms with Crippen LogP contribution in [0, 0.1) is 5.41 Å². The van der Waals surface area contributed by atoms with Gasteiger partial charge in [0.2, 0.25) is 0 Å². The van der Waals surface area contributed by atoms with Crippen molar-refractivity contribution in [3.05, 3.63) is 34.3 Å². The maximum atomic E-state index is 6.00. The first kappa shape index (κ1) is 11.9. The zero-order chi connectivity index (χ0) is 11.8. The second kappa shape index (κ2) is 4.38. The first-order valence-electron chi connectivity index (χ1n) is 5.97. The molecular formula is C14H20ClN. The van der Waals surface area contributed by atoms with Gasteiger partial charge < -0.3 is 5.32 Å². The van der Waals surface area contributed by atoms with Crippen LogP contribution in [-0.2, 0) is 6.42 Å². The minimum Gasteiger partial charge on any atom is -0.309 e. The summed E-state index contributed by atoms with van der Waals surface area (Å²) in [5.74, 6) is 0. The Kier molecular flexibility index (Phi) is 3.27. The van der Waals surface area contributed by atoms with Crippen molar-refractivity contribution in [1.29, 1.82) is 0 Å². The Morgan fingerprint density at radius 2 is 2.12 bits per heavy atom. The predicted molar refractivity (Wildman–Crippen MR) is 70.0 cm³/mol. The molecule has 1 aliphatic rings. The van der Waals surface area contributed by atoms with Crippen molar-refractivity contribution in [2.75, 3.05) is 6.54 Å². The fourth-order valence-electron chi connectivity index (χ4n) is 2.23. The quantitative estimate of drug-likeness (QED) is 0.821. The van der Waals surface area contributed by atoms with Crippen molar-refractivity contribution in [3.8, 4) is 0 Å². The Morgan fingerprint density at radius 1 is 1.38 bits per heavy atom. The second-order valence-corrected chi connectivity index (χ2v) is 6.31. The minimum absolute atomic E-state index is 0.342. The van der Waals surface area contributed by atoms with E-state index in [4.69, 9.17) is 11.6 Å². The van der Waals surface area contributed by atoms with Crippen LogP contribution in [0.1, 0.15) is 44.4 Å². The molecule has 0 saturated carbocycles. The third kappa shape index (κ3) is 2.78. The summed E-state index contributed by atoms with van der Waals surface area (Å²) in [4.78, 5) is 0. The monoisotopic (exact) mass is 237 g/mol. The highest BCUT2D eigenvalue weighted by molar-refractivity contribution is 6.30. The van der Waals surface area contributed by atoms with Crippen molar-refractivity contribution in [1.82, 2.24) is 5.32 Å². The van der Waals surface area contributed by atoms with E-state index in [9.17, 15) is 0 Å². The van der Waals surface area contributed by atoms with Gasteiger partial charge in [0.05, 0.1) is 0 Å². The van der Waals surface area contributed by atoms with Crippen molar-refractivity contribution in [2.24, 2.45) is 5.41 Å². The van der Waals surface area contributed by atoms with Crippen LogP contribution in [-0.4, -0.2) is 6.54 Å². The molecule has 0 spiro atoms. The van der Waals surface area contributed by atoms with Gasteiger partial charge in [0.25, 0.3) is 0 Å². The molecule has 0 fully saturated rings. The highest BCUT2D eigenvalue weighted by atomic mass is 35.5. The number of rotatable bonds is 2. The van der Waals surface area contributed by atoms with E-state index in [1.165, 1.54) is 17.5 Å². The van der Waals surface area contributed by atoms with E-state index in [1.54, 1.807) is 0 Å². The number of benzene rings is 1. The fraction of sp³-hybridized carbons (Fsp3) is 0.571. The molecular weight excluding hydrogens is 218 g/mol. The van der Waals surface area contributed by atoms with Crippen LogP contribution in [0.4, 0.5) is 0 Å². The van der Waals surface area contributed by atoms with Crippen LogP contribution in [0.25, 0.3) is 0 Å². The fourth-order valence-corrected chi connectivity index (χ4v) is 2.42. The number of hydrogen-bond donors (Lipinski definition) is 1. The number of nitrogens with one attached hydrogen (secondary N) is 1. The van der Waals surface area contributed by atoms with E-state index < -0.39 is 0 Å². The minimum atomic E-state index is 0.342. The number of aryl methyl sites for hydroxylation is 1. The van der Waals surface area contributed by atoms with Gasteiger partial charge in [-0.15, -0.1) is 0 Å². The summed E-state index contributed by atoms with van der Waals surface area (Å²) in [6, 6.07) is 6.80. The maximum Gasteiger partial charge on any atom is 0.0408 e. The molecule has 2 heteroatoms. The second-order valence-electron chi connectivity index (χ2n) is 5.88. The molecule has 1 nitrogen and oxygen atoms in total. The Morgan fingerprint density at radius 3 is 2.81 bits per heavy atom. The molecule has 1 N–H and O–H groups in total. The normalized spacial score (nSPS) is 19.9. The third-order valence-corrected chi connectivity index (χ3v) is 3.30. The highest BCUT2D eigenvalue weighted by Crippen LogP contribution is 2.33. The number of fused-ring (bicyclic) bond motifs is 1. The summed E-state index contributed by atoms with van der Waals surface area (Å²) in [5.41, 5.74) is 3.20. The van der Waals surface area contributed by atoms with Gasteiger partial charge in [0.15, 0.2) is 0 Å². The molecule has 1 aromatic carbocycles. The Hall–Kier alpha value is -0.530. The molecule has 16 heavy (non-hydrogen) atoms. The molecule has 1 atom stereocenters. The van der Waals surface area contributed by atoms with Gasteiger partial charge >= 0.3 is 0 Å². The summed E-state index contributed by atoms with van der Waals surface area (Å²) >= 11 is 6.00. The lowest BCUT2D eigenvalue weighted by molar-refractivity contribution is 0.352. The van der Waals surface area contributed by atoms with Gasteiger partial charge in [-0.2, -0.15) is 0 Å². The SMILES string of the molecule is CC(C)(C)CNC1CCc2cc(Cl)ccc21. The molecule has 0 aliphatic heterocycles. The molecule has 2 rings (SSSR count). The molecule has 1 aromatic rings. The van der Waals surface area contributed by atoms with Gasteiger partial charge in [-0.1, -0.05) is 38.4 Å². The lowest BCUT2D eigenvalue weighted by atomic mass is 9.96. The molecule has 0 radical (unpaired) electrons. The third-order valence-electron chi connectivity index (χ3n) is 3.06. The van der Waals surface area contributed by atoms with Crippen LogP contribution < -0.4 is 5.32 Å². The van der Waals surface area contributed by atoms with Crippen LogP contribution >= 0.6 is 11.6 Å². The molecule has 1 aliphatic carbocycles. The Labute approximate surface area is 103 Å². The Bertz CT molecular complexity index is 379. The van der Waals surface area contributed by atoms with Crippen molar-refractivity contribution < 1.29 is 0 Å². The first-order chi connectivity index (χ1) is 7.46. The van der Waals surface area contributed by atoms with Crippen molar-refractivity contribution in [3.63, 3.8) is 0 Å². The van der Waals surface area contributed by atoms with Crippen molar-refractivity contribution >= 4 is 11.6 Å². The topological polar surface area (TPSA) is 12.0 Å². The van der Waals surface area contributed by atoms with E-state index >= 15 is 0 Å². The van der Waals surface area contributed by atoms with E-state index in [1.807, 2.05) is 6.07 Å². The van der Waals surface area contributed by atoms with E-state index in [-0.39, 0.29) is 0 Å².